The second-order valence-electron chi connectivity index (χ2n) is 7.11. The van der Waals surface area contributed by atoms with E-state index in [2.05, 4.69) is 38.5 Å². The summed E-state index contributed by atoms with van der Waals surface area (Å²) in [6, 6.07) is 12.5. The topological polar surface area (TPSA) is 79.5 Å². The van der Waals surface area contributed by atoms with Gasteiger partial charge in [0, 0.05) is 11.6 Å². The normalized spacial score (nSPS) is 13.9. The summed E-state index contributed by atoms with van der Waals surface area (Å²) in [6.45, 7) is 0. The third-order valence-corrected chi connectivity index (χ3v) is 6.05. The molecule has 0 spiro atoms. The van der Waals surface area contributed by atoms with Crippen LogP contribution in [0.3, 0.4) is 0 Å². The fourth-order valence-electron chi connectivity index (χ4n) is 3.44. The highest BCUT2D eigenvalue weighted by atomic mass is 127. The Morgan fingerprint density at radius 3 is 2.50 bits per heavy atom. The molecule has 1 fully saturated rings. The number of ether oxygens (including phenoxy) is 1. The van der Waals surface area contributed by atoms with Gasteiger partial charge in [-0.15, -0.1) is 0 Å². The lowest BCUT2D eigenvalue weighted by Crippen LogP contribution is -2.37. The van der Waals surface area contributed by atoms with Crippen molar-refractivity contribution >= 4 is 57.4 Å². The number of methoxy groups -OCH3 is 1. The summed E-state index contributed by atoms with van der Waals surface area (Å²) >= 11 is 7.41. The van der Waals surface area contributed by atoms with Crippen molar-refractivity contribution in [3.63, 3.8) is 0 Å². The highest BCUT2D eigenvalue weighted by Gasteiger charge is 2.19. The molecule has 0 heterocycles. The van der Waals surface area contributed by atoms with E-state index in [1.165, 1.54) is 6.42 Å². The number of anilines is 1. The molecule has 6 nitrogen and oxygen atoms in total. The molecule has 3 rings (SSSR count). The van der Waals surface area contributed by atoms with Crippen molar-refractivity contribution in [3.05, 3.63) is 57.2 Å². The van der Waals surface area contributed by atoms with Gasteiger partial charge in [0.15, 0.2) is 5.11 Å². The highest BCUT2D eigenvalue weighted by molar-refractivity contribution is 14.1. The predicted molar refractivity (Wildman–Crippen MR) is 130 cm³/mol. The van der Waals surface area contributed by atoms with E-state index >= 15 is 0 Å². The summed E-state index contributed by atoms with van der Waals surface area (Å²) in [5.41, 5.74) is 1.52. The quantitative estimate of drug-likeness (QED) is 0.387. The molecule has 0 bridgehead atoms. The molecule has 0 aliphatic heterocycles. The van der Waals surface area contributed by atoms with Gasteiger partial charge in [0.1, 0.15) is 5.75 Å². The largest absolute Gasteiger partial charge is 0.496 e. The van der Waals surface area contributed by atoms with Crippen molar-refractivity contribution in [3.8, 4) is 5.75 Å². The minimum absolute atomic E-state index is 0.128. The van der Waals surface area contributed by atoms with Gasteiger partial charge in [-0.25, -0.2) is 0 Å². The van der Waals surface area contributed by atoms with Crippen molar-refractivity contribution in [1.29, 1.82) is 0 Å². The maximum Gasteiger partial charge on any atom is 0.257 e. The Morgan fingerprint density at radius 2 is 1.80 bits per heavy atom. The number of carbonyl (C=O) groups excluding carboxylic acids is 2. The number of carbonyl (C=O) groups is 2. The average Bonchev–Trinajstić information content (AvgIpc) is 2.74. The fourth-order valence-corrected chi connectivity index (χ4v) is 4.37. The number of amides is 2. The van der Waals surface area contributed by atoms with Crippen LogP contribution in [0.25, 0.3) is 0 Å². The summed E-state index contributed by atoms with van der Waals surface area (Å²) in [5.74, 6) is 0.229. The van der Waals surface area contributed by atoms with E-state index in [0.29, 0.717) is 22.6 Å². The van der Waals surface area contributed by atoms with Gasteiger partial charge in [0.25, 0.3) is 11.8 Å². The maximum atomic E-state index is 12.8. The molecule has 2 aromatic carbocycles. The molecule has 0 atom stereocenters. The standard InChI is InChI=1S/C22H24IN3O3S/c1-29-19-12-11-14(13-17(19)23)20(27)26-22(30)25-18-10-6-5-9-16(18)21(28)24-15-7-3-2-4-8-15/h5-6,9-13,15H,2-4,7-8H2,1H3,(H,24,28)(H2,25,26,27,30). The second kappa shape index (κ2) is 10.7. The van der Waals surface area contributed by atoms with Gasteiger partial charge in [0.05, 0.1) is 21.9 Å². The molecule has 1 saturated carbocycles. The zero-order valence-electron chi connectivity index (χ0n) is 16.7. The molecule has 2 amide bonds. The summed E-state index contributed by atoms with van der Waals surface area (Å²) in [5, 5.41) is 8.88. The van der Waals surface area contributed by atoms with Crippen LogP contribution in [0.1, 0.15) is 52.8 Å². The number of benzene rings is 2. The smallest absolute Gasteiger partial charge is 0.257 e. The number of nitrogens with one attached hydrogen (secondary N) is 3. The number of rotatable bonds is 5. The fraction of sp³-hybridized carbons (Fsp3) is 0.318. The Kier molecular flexibility index (Phi) is 8.03. The lowest BCUT2D eigenvalue weighted by atomic mass is 9.95. The molecule has 0 saturated heterocycles. The van der Waals surface area contributed by atoms with Crippen LogP contribution in [0.2, 0.25) is 0 Å². The molecule has 1 aliphatic carbocycles. The van der Waals surface area contributed by atoms with E-state index in [9.17, 15) is 9.59 Å². The molecular weight excluding hydrogens is 513 g/mol. The zero-order chi connectivity index (χ0) is 21.5. The first kappa shape index (κ1) is 22.5. The van der Waals surface area contributed by atoms with Crippen LogP contribution >= 0.6 is 34.8 Å². The Balaban J connectivity index is 1.64. The molecular formula is C22H24IN3O3S. The number of halogens is 1. The van der Waals surface area contributed by atoms with Gasteiger partial charge in [-0.05, 0) is 78.0 Å². The van der Waals surface area contributed by atoms with Crippen LogP contribution in [0.4, 0.5) is 5.69 Å². The summed E-state index contributed by atoms with van der Waals surface area (Å²) < 4.78 is 6.04. The van der Waals surface area contributed by atoms with Crippen LogP contribution < -0.4 is 20.7 Å². The second-order valence-corrected chi connectivity index (χ2v) is 8.68. The molecule has 30 heavy (non-hydrogen) atoms. The first-order chi connectivity index (χ1) is 14.5. The monoisotopic (exact) mass is 537 g/mol. The predicted octanol–water partition coefficient (Wildman–Crippen LogP) is 4.49. The third-order valence-electron chi connectivity index (χ3n) is 5.00. The molecule has 2 aromatic rings. The number of para-hydroxylation sites is 1. The Labute approximate surface area is 195 Å². The first-order valence-corrected chi connectivity index (χ1v) is 11.3. The van der Waals surface area contributed by atoms with Crippen LogP contribution in [0, 0.1) is 3.57 Å². The summed E-state index contributed by atoms with van der Waals surface area (Å²) in [6.07, 6.45) is 5.54. The van der Waals surface area contributed by atoms with Crippen molar-refractivity contribution in [1.82, 2.24) is 10.6 Å². The van der Waals surface area contributed by atoms with Crippen molar-refractivity contribution < 1.29 is 14.3 Å². The van der Waals surface area contributed by atoms with Crippen molar-refractivity contribution in [2.24, 2.45) is 0 Å². The SMILES string of the molecule is COc1ccc(C(=O)NC(=S)Nc2ccccc2C(=O)NC2CCCCC2)cc1I. The molecule has 0 aromatic heterocycles. The van der Waals surface area contributed by atoms with Crippen LogP contribution in [0.5, 0.6) is 5.75 Å². The molecule has 0 radical (unpaired) electrons. The zero-order valence-corrected chi connectivity index (χ0v) is 19.6. The van der Waals surface area contributed by atoms with Gasteiger partial charge in [-0.2, -0.15) is 0 Å². The Hall–Kier alpha value is -2.20. The number of hydrogen-bond donors (Lipinski definition) is 3. The van der Waals surface area contributed by atoms with Gasteiger partial charge >= 0.3 is 0 Å². The minimum atomic E-state index is -0.336. The number of hydrogen-bond acceptors (Lipinski definition) is 4. The molecule has 1 aliphatic rings. The molecule has 3 N–H and O–H groups in total. The van der Waals surface area contributed by atoms with Crippen molar-refractivity contribution in [2.45, 2.75) is 38.1 Å². The van der Waals surface area contributed by atoms with Gasteiger partial charge in [-0.3, -0.25) is 14.9 Å². The van der Waals surface area contributed by atoms with Crippen LogP contribution in [-0.2, 0) is 0 Å². The van der Waals surface area contributed by atoms with Gasteiger partial charge < -0.3 is 15.4 Å². The Bertz CT molecular complexity index is 945. The van der Waals surface area contributed by atoms with E-state index in [1.54, 1.807) is 37.4 Å². The van der Waals surface area contributed by atoms with Crippen LogP contribution in [-0.4, -0.2) is 30.1 Å². The van der Waals surface area contributed by atoms with E-state index in [1.807, 2.05) is 12.1 Å². The molecule has 8 heteroatoms. The van der Waals surface area contributed by atoms with E-state index < -0.39 is 0 Å². The first-order valence-electron chi connectivity index (χ1n) is 9.83. The summed E-state index contributed by atoms with van der Waals surface area (Å²) in [4.78, 5) is 25.3. The van der Waals surface area contributed by atoms with E-state index in [4.69, 9.17) is 17.0 Å². The van der Waals surface area contributed by atoms with Gasteiger partial charge in [-0.1, -0.05) is 31.4 Å². The molecule has 158 valence electrons. The van der Waals surface area contributed by atoms with Gasteiger partial charge in [0.2, 0.25) is 0 Å². The Morgan fingerprint density at radius 1 is 1.07 bits per heavy atom. The highest BCUT2D eigenvalue weighted by Crippen LogP contribution is 2.22. The average molecular weight is 537 g/mol. The third kappa shape index (κ3) is 5.91. The lowest BCUT2D eigenvalue weighted by molar-refractivity contribution is 0.0927. The van der Waals surface area contributed by atoms with E-state index in [-0.39, 0.29) is 23.0 Å². The maximum absolute atomic E-state index is 12.8. The molecule has 0 unspecified atom stereocenters. The number of thiocarbonyl (C=S) groups is 1. The van der Waals surface area contributed by atoms with Crippen molar-refractivity contribution in [2.75, 3.05) is 12.4 Å². The van der Waals surface area contributed by atoms with Crippen LogP contribution in [0.15, 0.2) is 42.5 Å². The van der Waals surface area contributed by atoms with E-state index in [0.717, 1.165) is 29.3 Å². The lowest BCUT2D eigenvalue weighted by Gasteiger charge is -2.23. The summed E-state index contributed by atoms with van der Waals surface area (Å²) in [7, 11) is 1.58. The minimum Gasteiger partial charge on any atom is -0.496 e.